The number of anilines is 1. The van der Waals surface area contributed by atoms with Gasteiger partial charge in [0.05, 0.1) is 18.0 Å². The molecule has 0 fully saturated rings. The molecule has 0 radical (unpaired) electrons. The lowest BCUT2D eigenvalue weighted by molar-refractivity contribution is -0.122. The van der Waals surface area contributed by atoms with Crippen molar-refractivity contribution < 1.29 is 13.2 Å². The highest BCUT2D eigenvalue weighted by Crippen LogP contribution is 2.28. The Morgan fingerprint density at radius 1 is 1.06 bits per heavy atom. The zero-order valence-corrected chi connectivity index (χ0v) is 20.1. The van der Waals surface area contributed by atoms with Crippen LogP contribution in [0.2, 0.25) is 0 Å². The Balaban J connectivity index is 1.86. The largest absolute Gasteiger partial charge is 0.347 e. The molecule has 0 bridgehead atoms. The number of hydrogen-bond donors (Lipinski definition) is 1. The Labute approximate surface area is 186 Å². The van der Waals surface area contributed by atoms with E-state index in [9.17, 15) is 13.2 Å². The van der Waals surface area contributed by atoms with Crippen LogP contribution >= 0.6 is 0 Å². The third-order valence-electron chi connectivity index (χ3n) is 6.19. The van der Waals surface area contributed by atoms with E-state index in [-0.39, 0.29) is 11.9 Å². The van der Waals surface area contributed by atoms with Crippen LogP contribution in [0.15, 0.2) is 36.4 Å². The standard InChI is InChI=1S/C25H34N2O3S/c1-6-23(22-14-13-20-9-7-8-10-21(20)16-22)26-25(28)19(4)27(31(5,29)30)24-15-17(2)11-12-18(24)3/h11-16,19,23H,6-10H2,1-5H3,(H,26,28)/t19-,23+/m0/s1. The van der Waals surface area contributed by atoms with Crippen molar-refractivity contribution in [2.24, 2.45) is 0 Å². The number of rotatable bonds is 7. The zero-order chi connectivity index (χ0) is 22.8. The molecule has 2 atom stereocenters. The van der Waals surface area contributed by atoms with E-state index in [1.807, 2.05) is 39.0 Å². The molecule has 2 aromatic rings. The van der Waals surface area contributed by atoms with Gasteiger partial charge in [-0.3, -0.25) is 9.10 Å². The highest BCUT2D eigenvalue weighted by molar-refractivity contribution is 7.92. The average molecular weight is 443 g/mol. The van der Waals surface area contributed by atoms with E-state index in [0.29, 0.717) is 5.69 Å². The molecule has 3 rings (SSSR count). The number of hydrogen-bond acceptors (Lipinski definition) is 3. The van der Waals surface area contributed by atoms with Crippen LogP contribution in [0.1, 0.15) is 67.0 Å². The maximum atomic E-state index is 13.2. The minimum absolute atomic E-state index is 0.151. The number of benzene rings is 2. The van der Waals surface area contributed by atoms with Gasteiger partial charge in [-0.25, -0.2) is 8.42 Å². The third-order valence-corrected chi connectivity index (χ3v) is 7.42. The van der Waals surface area contributed by atoms with Crippen LogP contribution in [0.5, 0.6) is 0 Å². The van der Waals surface area contributed by atoms with E-state index in [1.54, 1.807) is 6.92 Å². The first-order valence-corrected chi connectivity index (χ1v) is 13.0. The van der Waals surface area contributed by atoms with Crippen LogP contribution in [0.4, 0.5) is 5.69 Å². The number of carbonyl (C=O) groups excluding carboxylic acids is 1. The van der Waals surface area contributed by atoms with E-state index >= 15 is 0 Å². The minimum Gasteiger partial charge on any atom is -0.347 e. The molecule has 5 nitrogen and oxygen atoms in total. The summed E-state index contributed by atoms with van der Waals surface area (Å²) in [5.41, 5.74) is 6.17. The Hall–Kier alpha value is -2.34. The molecule has 31 heavy (non-hydrogen) atoms. The second kappa shape index (κ2) is 9.43. The normalized spacial score (nSPS) is 15.6. The Kier molecular flexibility index (Phi) is 7.10. The quantitative estimate of drug-likeness (QED) is 0.681. The fraction of sp³-hybridized carbons (Fsp3) is 0.480. The minimum atomic E-state index is -3.65. The van der Waals surface area contributed by atoms with Crippen molar-refractivity contribution in [3.8, 4) is 0 Å². The summed E-state index contributed by atoms with van der Waals surface area (Å²) in [6, 6.07) is 11.1. The van der Waals surface area contributed by atoms with E-state index in [2.05, 4.69) is 23.5 Å². The van der Waals surface area contributed by atoms with Gasteiger partial charge in [-0.15, -0.1) is 0 Å². The lowest BCUT2D eigenvalue weighted by Crippen LogP contribution is -2.48. The molecule has 2 aromatic carbocycles. The molecule has 1 aliphatic rings. The summed E-state index contributed by atoms with van der Waals surface area (Å²) in [6.07, 6.45) is 6.53. The van der Waals surface area contributed by atoms with Crippen LogP contribution in [0.25, 0.3) is 0 Å². The molecular formula is C25H34N2O3S. The van der Waals surface area contributed by atoms with Gasteiger partial charge in [0.15, 0.2) is 0 Å². The van der Waals surface area contributed by atoms with E-state index < -0.39 is 16.1 Å². The third kappa shape index (κ3) is 5.29. The van der Waals surface area contributed by atoms with Gasteiger partial charge in [-0.2, -0.15) is 0 Å². The van der Waals surface area contributed by atoms with Crippen molar-refractivity contribution in [3.63, 3.8) is 0 Å². The van der Waals surface area contributed by atoms with Crippen LogP contribution in [0, 0.1) is 13.8 Å². The van der Waals surface area contributed by atoms with Crippen molar-refractivity contribution in [2.45, 2.75) is 71.9 Å². The number of fused-ring (bicyclic) bond motifs is 1. The Morgan fingerprint density at radius 3 is 2.39 bits per heavy atom. The predicted molar refractivity (Wildman–Crippen MR) is 127 cm³/mol. The molecule has 0 saturated heterocycles. The summed E-state index contributed by atoms with van der Waals surface area (Å²) in [7, 11) is -3.65. The first-order valence-electron chi connectivity index (χ1n) is 11.1. The predicted octanol–water partition coefficient (Wildman–Crippen LogP) is 4.60. The summed E-state index contributed by atoms with van der Waals surface area (Å²) in [5.74, 6) is -0.295. The maximum Gasteiger partial charge on any atom is 0.244 e. The summed E-state index contributed by atoms with van der Waals surface area (Å²) < 4.78 is 26.6. The zero-order valence-electron chi connectivity index (χ0n) is 19.2. The number of nitrogens with one attached hydrogen (secondary N) is 1. The van der Waals surface area contributed by atoms with Gasteiger partial charge >= 0.3 is 0 Å². The van der Waals surface area contributed by atoms with Crippen molar-refractivity contribution in [3.05, 3.63) is 64.2 Å². The first-order chi connectivity index (χ1) is 14.6. The van der Waals surface area contributed by atoms with Gasteiger partial charge in [-0.05, 0) is 86.8 Å². The average Bonchev–Trinajstić information content (AvgIpc) is 2.73. The lowest BCUT2D eigenvalue weighted by atomic mass is 9.88. The molecule has 168 valence electrons. The summed E-state index contributed by atoms with van der Waals surface area (Å²) >= 11 is 0. The van der Waals surface area contributed by atoms with Crippen molar-refractivity contribution in [1.82, 2.24) is 5.32 Å². The fourth-order valence-corrected chi connectivity index (χ4v) is 5.65. The molecule has 0 aliphatic heterocycles. The summed E-state index contributed by atoms with van der Waals surface area (Å²) in [6.45, 7) is 7.46. The first kappa shape index (κ1) is 23.3. The van der Waals surface area contributed by atoms with E-state index in [4.69, 9.17) is 0 Å². The van der Waals surface area contributed by atoms with E-state index in [0.717, 1.165) is 42.2 Å². The van der Waals surface area contributed by atoms with Crippen LogP contribution < -0.4 is 9.62 Å². The molecule has 0 unspecified atom stereocenters. The van der Waals surface area contributed by atoms with Gasteiger partial charge in [0.25, 0.3) is 0 Å². The fourth-order valence-electron chi connectivity index (χ4n) is 4.42. The summed E-state index contributed by atoms with van der Waals surface area (Å²) in [4.78, 5) is 13.2. The van der Waals surface area contributed by atoms with Crippen molar-refractivity contribution >= 4 is 21.6 Å². The Bertz CT molecular complexity index is 1060. The molecule has 1 aliphatic carbocycles. The number of nitrogens with zero attached hydrogens (tertiary/aromatic N) is 1. The maximum absolute atomic E-state index is 13.2. The van der Waals surface area contributed by atoms with Crippen LogP contribution in [-0.4, -0.2) is 26.6 Å². The molecule has 1 N–H and O–H groups in total. The Morgan fingerprint density at radius 2 is 1.74 bits per heavy atom. The van der Waals surface area contributed by atoms with Crippen molar-refractivity contribution in [1.29, 1.82) is 0 Å². The number of aryl methyl sites for hydroxylation is 4. The highest BCUT2D eigenvalue weighted by Gasteiger charge is 2.31. The monoisotopic (exact) mass is 442 g/mol. The van der Waals surface area contributed by atoms with Gasteiger partial charge in [-0.1, -0.05) is 37.3 Å². The molecule has 0 spiro atoms. The van der Waals surface area contributed by atoms with E-state index in [1.165, 1.54) is 28.3 Å². The lowest BCUT2D eigenvalue weighted by Gasteiger charge is -2.31. The van der Waals surface area contributed by atoms with Gasteiger partial charge in [0.2, 0.25) is 15.9 Å². The number of amides is 1. The molecule has 6 heteroatoms. The topological polar surface area (TPSA) is 66.5 Å². The number of sulfonamides is 1. The molecule has 1 amide bonds. The second-order valence-electron chi connectivity index (χ2n) is 8.73. The molecule has 0 saturated carbocycles. The molecule has 0 aromatic heterocycles. The van der Waals surface area contributed by atoms with Gasteiger partial charge in [0, 0.05) is 0 Å². The van der Waals surface area contributed by atoms with Gasteiger partial charge < -0.3 is 5.32 Å². The van der Waals surface area contributed by atoms with Crippen molar-refractivity contribution in [2.75, 3.05) is 10.6 Å². The van der Waals surface area contributed by atoms with Gasteiger partial charge in [0.1, 0.15) is 6.04 Å². The summed E-state index contributed by atoms with van der Waals surface area (Å²) in [5, 5.41) is 3.10. The molecular weight excluding hydrogens is 408 g/mol. The number of carbonyl (C=O) groups is 1. The van der Waals surface area contributed by atoms with Crippen LogP contribution in [-0.2, 0) is 27.7 Å². The second-order valence-corrected chi connectivity index (χ2v) is 10.6. The highest BCUT2D eigenvalue weighted by atomic mass is 32.2. The smallest absolute Gasteiger partial charge is 0.244 e. The van der Waals surface area contributed by atoms with Crippen LogP contribution in [0.3, 0.4) is 0 Å². The SMILES string of the molecule is CC[C@@H](NC(=O)[C@H](C)N(c1cc(C)ccc1C)S(C)(=O)=O)c1ccc2c(c1)CCCC2. The molecule has 0 heterocycles.